The molecule has 3 rings (SSSR count). The summed E-state index contributed by atoms with van der Waals surface area (Å²) in [6.07, 6.45) is 4.32. The molecule has 1 fully saturated rings. The lowest BCUT2D eigenvalue weighted by molar-refractivity contribution is 0.0753. The number of nitrogens with zero attached hydrogens (tertiary/aromatic N) is 1. The van der Waals surface area contributed by atoms with Gasteiger partial charge in [0.25, 0.3) is 5.91 Å². The van der Waals surface area contributed by atoms with E-state index in [1.807, 2.05) is 29.2 Å². The molecule has 2 heterocycles. The van der Waals surface area contributed by atoms with Crippen molar-refractivity contribution in [2.45, 2.75) is 25.8 Å². The van der Waals surface area contributed by atoms with Crippen LogP contribution in [-0.4, -0.2) is 29.9 Å². The quantitative estimate of drug-likeness (QED) is 0.768. The Morgan fingerprint density at radius 1 is 1.44 bits per heavy atom. The number of fused-ring (bicyclic) bond motifs is 2. The highest BCUT2D eigenvalue weighted by Crippen LogP contribution is 2.30. The van der Waals surface area contributed by atoms with Crippen molar-refractivity contribution in [2.75, 3.05) is 18.4 Å². The molecule has 3 nitrogen and oxygen atoms in total. The molecule has 1 amide bonds. The molecule has 0 aliphatic carbocycles. The van der Waals surface area contributed by atoms with E-state index in [-0.39, 0.29) is 5.91 Å². The second-order valence-electron chi connectivity index (χ2n) is 4.99. The van der Waals surface area contributed by atoms with Gasteiger partial charge in [-0.1, -0.05) is 30.7 Å². The number of amides is 1. The van der Waals surface area contributed by atoms with Gasteiger partial charge in [-0.2, -0.15) is 0 Å². The first-order valence-electron chi connectivity index (χ1n) is 6.61. The highest BCUT2D eigenvalue weighted by atomic mass is 16.2. The van der Waals surface area contributed by atoms with E-state index >= 15 is 0 Å². The lowest BCUT2D eigenvalue weighted by Crippen LogP contribution is -2.36. The van der Waals surface area contributed by atoms with Crippen molar-refractivity contribution in [1.82, 2.24) is 4.90 Å². The predicted octanol–water partition coefficient (Wildman–Crippen LogP) is 2.66. The molecule has 0 unspecified atom stereocenters. The van der Waals surface area contributed by atoms with Gasteiger partial charge in [0.2, 0.25) is 0 Å². The van der Waals surface area contributed by atoms with Crippen LogP contribution in [0.2, 0.25) is 0 Å². The van der Waals surface area contributed by atoms with Gasteiger partial charge in [0, 0.05) is 18.8 Å². The largest absolute Gasteiger partial charge is 0.382 e. The lowest BCUT2D eigenvalue weighted by atomic mass is 10.1. The monoisotopic (exact) mass is 242 g/mol. The van der Waals surface area contributed by atoms with Gasteiger partial charge < -0.3 is 10.2 Å². The molecule has 0 bridgehead atoms. The van der Waals surface area contributed by atoms with Gasteiger partial charge >= 0.3 is 0 Å². The average Bonchev–Trinajstić information content (AvgIpc) is 2.74. The van der Waals surface area contributed by atoms with Crippen molar-refractivity contribution in [1.29, 1.82) is 0 Å². The van der Waals surface area contributed by atoms with Gasteiger partial charge in [-0.15, -0.1) is 0 Å². The number of hydrogen-bond acceptors (Lipinski definition) is 2. The van der Waals surface area contributed by atoms with E-state index in [2.05, 4.69) is 18.3 Å². The fraction of sp³-hybridized carbons (Fsp3) is 0.400. The summed E-state index contributed by atoms with van der Waals surface area (Å²) in [6.45, 7) is 3.79. The van der Waals surface area contributed by atoms with Crippen molar-refractivity contribution in [3.8, 4) is 0 Å². The van der Waals surface area contributed by atoms with Crippen molar-refractivity contribution in [3.63, 3.8) is 0 Å². The summed E-state index contributed by atoms with van der Waals surface area (Å²) in [5, 5.41) is 3.40. The summed E-state index contributed by atoms with van der Waals surface area (Å²) in [4.78, 5) is 14.5. The highest BCUT2D eigenvalue weighted by Gasteiger charge is 2.34. The van der Waals surface area contributed by atoms with E-state index in [4.69, 9.17) is 0 Å². The third-order valence-electron chi connectivity index (χ3n) is 3.75. The Hall–Kier alpha value is -1.77. The zero-order chi connectivity index (χ0) is 12.5. The number of nitrogens with one attached hydrogen (secondary N) is 1. The summed E-state index contributed by atoms with van der Waals surface area (Å²) < 4.78 is 0. The Kier molecular flexibility index (Phi) is 2.82. The molecule has 18 heavy (non-hydrogen) atoms. The van der Waals surface area contributed by atoms with Gasteiger partial charge in [0.05, 0.1) is 11.6 Å². The minimum absolute atomic E-state index is 0.167. The Morgan fingerprint density at radius 2 is 2.28 bits per heavy atom. The first-order valence-corrected chi connectivity index (χ1v) is 6.61. The van der Waals surface area contributed by atoms with Crippen LogP contribution in [0.4, 0.5) is 5.69 Å². The van der Waals surface area contributed by atoms with E-state index in [0.29, 0.717) is 6.04 Å². The zero-order valence-electron chi connectivity index (χ0n) is 10.6. The number of hydrogen-bond donors (Lipinski definition) is 1. The Labute approximate surface area is 107 Å². The van der Waals surface area contributed by atoms with Crippen LogP contribution in [0.1, 0.15) is 30.1 Å². The SMILES string of the molecule is CC/C=C1\C[C@H]2CNc3ccccc3C(=O)N2C1. The van der Waals surface area contributed by atoms with E-state index in [1.165, 1.54) is 5.57 Å². The van der Waals surface area contributed by atoms with Gasteiger partial charge in [0.1, 0.15) is 0 Å². The Morgan fingerprint density at radius 3 is 3.11 bits per heavy atom. The molecule has 1 aromatic carbocycles. The molecular weight excluding hydrogens is 224 g/mol. The minimum atomic E-state index is 0.167. The van der Waals surface area contributed by atoms with Crippen LogP contribution < -0.4 is 5.32 Å². The van der Waals surface area contributed by atoms with Gasteiger partial charge in [-0.25, -0.2) is 0 Å². The van der Waals surface area contributed by atoms with Crippen LogP contribution in [0.15, 0.2) is 35.9 Å². The van der Waals surface area contributed by atoms with Crippen LogP contribution in [0, 0.1) is 0 Å². The maximum absolute atomic E-state index is 12.5. The summed E-state index contributed by atoms with van der Waals surface area (Å²) in [6, 6.07) is 8.10. The number of carbonyl (C=O) groups excluding carboxylic acids is 1. The summed E-state index contributed by atoms with van der Waals surface area (Å²) in [5.74, 6) is 0.167. The molecular formula is C15H18N2O. The number of para-hydroxylation sites is 1. The van der Waals surface area contributed by atoms with Gasteiger partial charge in [-0.05, 0) is 25.0 Å². The highest BCUT2D eigenvalue weighted by molar-refractivity contribution is 6.00. The molecule has 0 radical (unpaired) electrons. The van der Waals surface area contributed by atoms with Crippen LogP contribution in [0.5, 0.6) is 0 Å². The number of rotatable bonds is 1. The number of benzene rings is 1. The molecule has 2 aliphatic heterocycles. The normalized spacial score (nSPS) is 24.5. The Bertz CT molecular complexity index is 507. The lowest BCUT2D eigenvalue weighted by Gasteiger charge is -2.20. The molecule has 0 aromatic heterocycles. The second-order valence-corrected chi connectivity index (χ2v) is 4.99. The molecule has 2 aliphatic rings. The molecule has 1 N–H and O–H groups in total. The molecule has 0 saturated carbocycles. The van der Waals surface area contributed by atoms with Crippen molar-refractivity contribution >= 4 is 11.6 Å². The summed E-state index contributed by atoms with van der Waals surface area (Å²) in [7, 11) is 0. The number of anilines is 1. The average molecular weight is 242 g/mol. The Balaban J connectivity index is 1.93. The van der Waals surface area contributed by atoms with Gasteiger partial charge in [-0.3, -0.25) is 4.79 Å². The van der Waals surface area contributed by atoms with Gasteiger partial charge in [0.15, 0.2) is 0 Å². The molecule has 1 aromatic rings. The molecule has 0 spiro atoms. The maximum atomic E-state index is 12.5. The standard InChI is InChI=1S/C15H18N2O/c1-2-5-11-8-12-9-16-14-7-4-3-6-13(14)15(18)17(12)10-11/h3-7,12,16H,2,8-10H2,1H3/b11-5+/t12-/m0/s1. The topological polar surface area (TPSA) is 32.3 Å². The zero-order valence-corrected chi connectivity index (χ0v) is 10.6. The van der Waals surface area contributed by atoms with E-state index in [1.54, 1.807) is 0 Å². The predicted molar refractivity (Wildman–Crippen MR) is 72.7 cm³/mol. The maximum Gasteiger partial charge on any atom is 0.256 e. The number of allylic oxidation sites excluding steroid dienone is 1. The fourth-order valence-electron chi connectivity index (χ4n) is 2.89. The molecule has 1 saturated heterocycles. The second kappa shape index (κ2) is 4.48. The van der Waals surface area contributed by atoms with E-state index in [9.17, 15) is 4.79 Å². The van der Waals surface area contributed by atoms with E-state index < -0.39 is 0 Å². The third kappa shape index (κ3) is 1.80. The summed E-state index contributed by atoms with van der Waals surface area (Å²) >= 11 is 0. The first-order chi connectivity index (χ1) is 8.79. The smallest absolute Gasteiger partial charge is 0.256 e. The van der Waals surface area contributed by atoms with Crippen molar-refractivity contribution in [2.24, 2.45) is 0 Å². The minimum Gasteiger partial charge on any atom is -0.382 e. The number of carbonyl (C=O) groups is 1. The van der Waals surface area contributed by atoms with Crippen molar-refractivity contribution < 1.29 is 4.79 Å². The molecule has 94 valence electrons. The van der Waals surface area contributed by atoms with Crippen LogP contribution in [-0.2, 0) is 0 Å². The third-order valence-corrected chi connectivity index (χ3v) is 3.75. The van der Waals surface area contributed by atoms with Crippen LogP contribution in [0.3, 0.4) is 0 Å². The fourth-order valence-corrected chi connectivity index (χ4v) is 2.89. The first kappa shape index (κ1) is 11.3. The molecule has 1 atom stereocenters. The van der Waals surface area contributed by atoms with Crippen LogP contribution >= 0.6 is 0 Å². The van der Waals surface area contributed by atoms with Crippen molar-refractivity contribution in [3.05, 3.63) is 41.5 Å². The molecule has 3 heteroatoms. The van der Waals surface area contributed by atoms with E-state index in [0.717, 1.165) is 37.2 Å². The summed E-state index contributed by atoms with van der Waals surface area (Å²) in [5.41, 5.74) is 3.17. The van der Waals surface area contributed by atoms with Crippen LogP contribution in [0.25, 0.3) is 0 Å².